The largest absolute Gasteiger partial charge is 0.383 e. The van der Waals surface area contributed by atoms with Crippen LogP contribution < -0.4 is 22.3 Å². The number of rotatable bonds is 7. The molecule has 0 spiro atoms. The molecule has 108 valence electrons. The highest BCUT2D eigenvalue weighted by Crippen LogP contribution is 2.11. The normalized spacial score (nSPS) is 12.4. The maximum absolute atomic E-state index is 11.7. The first-order valence-corrected chi connectivity index (χ1v) is 6.40. The molecule has 1 atom stereocenters. The maximum atomic E-state index is 11.7. The minimum atomic E-state index is -0.501. The zero-order valence-electron chi connectivity index (χ0n) is 11.7. The van der Waals surface area contributed by atoms with Crippen molar-refractivity contribution in [3.8, 4) is 0 Å². The van der Waals surface area contributed by atoms with Gasteiger partial charge >= 0.3 is 5.69 Å². The van der Waals surface area contributed by atoms with E-state index in [0.29, 0.717) is 13.1 Å². The molecule has 4 N–H and O–H groups in total. The molecule has 7 heteroatoms. The van der Waals surface area contributed by atoms with E-state index in [1.54, 1.807) is 7.11 Å². The summed E-state index contributed by atoms with van der Waals surface area (Å²) in [6, 6.07) is 0. The van der Waals surface area contributed by atoms with Gasteiger partial charge in [-0.3, -0.25) is 14.3 Å². The number of nitrogens with two attached hydrogens (primary N) is 1. The van der Waals surface area contributed by atoms with Gasteiger partial charge in [0, 0.05) is 20.2 Å². The second kappa shape index (κ2) is 6.98. The summed E-state index contributed by atoms with van der Waals surface area (Å²) in [6.45, 7) is 4.82. The number of nitrogen functional groups attached to an aromatic ring is 1. The van der Waals surface area contributed by atoms with Gasteiger partial charge in [0.2, 0.25) is 0 Å². The Morgan fingerprint density at radius 3 is 2.74 bits per heavy atom. The van der Waals surface area contributed by atoms with Gasteiger partial charge in [-0.25, -0.2) is 4.79 Å². The molecule has 1 aromatic rings. The smallest absolute Gasteiger partial charge is 0.330 e. The van der Waals surface area contributed by atoms with Gasteiger partial charge in [-0.05, 0) is 13.3 Å². The van der Waals surface area contributed by atoms with Crippen LogP contribution in [0, 0.1) is 0 Å². The Kier molecular flexibility index (Phi) is 5.62. The second-order valence-corrected chi connectivity index (χ2v) is 4.45. The van der Waals surface area contributed by atoms with Crippen LogP contribution >= 0.6 is 0 Å². The third-order valence-electron chi connectivity index (χ3n) is 2.94. The molecule has 0 aliphatic rings. The number of nitrogens with one attached hydrogen (secondary N) is 2. The molecule has 0 bridgehead atoms. The SMILES string of the molecule is CCCCn1c(N)c(NCC(C)OC)c(=O)[nH]c1=O. The number of hydrogen-bond donors (Lipinski definition) is 3. The number of methoxy groups -OCH3 is 1. The topological polar surface area (TPSA) is 102 Å². The van der Waals surface area contributed by atoms with Crippen LogP contribution in [-0.4, -0.2) is 29.3 Å². The Labute approximate surface area is 111 Å². The van der Waals surface area contributed by atoms with Crippen molar-refractivity contribution >= 4 is 11.5 Å². The first-order valence-electron chi connectivity index (χ1n) is 6.40. The molecule has 0 amide bonds. The molecule has 0 fully saturated rings. The molecular weight excluding hydrogens is 248 g/mol. The van der Waals surface area contributed by atoms with E-state index in [9.17, 15) is 9.59 Å². The number of H-pyrrole nitrogens is 1. The van der Waals surface area contributed by atoms with E-state index in [1.807, 2.05) is 13.8 Å². The summed E-state index contributed by atoms with van der Waals surface area (Å²) in [6.07, 6.45) is 1.70. The number of ether oxygens (including phenoxy) is 1. The highest BCUT2D eigenvalue weighted by molar-refractivity contribution is 5.60. The molecule has 0 aliphatic heterocycles. The molecule has 0 saturated heterocycles. The van der Waals surface area contributed by atoms with Crippen molar-refractivity contribution in [3.05, 3.63) is 20.8 Å². The molecule has 1 aromatic heterocycles. The Morgan fingerprint density at radius 1 is 1.47 bits per heavy atom. The van der Waals surface area contributed by atoms with Gasteiger partial charge in [0.1, 0.15) is 11.5 Å². The first kappa shape index (κ1) is 15.3. The van der Waals surface area contributed by atoms with Crippen LogP contribution in [0.5, 0.6) is 0 Å². The zero-order valence-corrected chi connectivity index (χ0v) is 11.7. The van der Waals surface area contributed by atoms with Crippen LogP contribution in [0.25, 0.3) is 0 Å². The van der Waals surface area contributed by atoms with E-state index in [4.69, 9.17) is 10.5 Å². The Morgan fingerprint density at radius 2 is 2.16 bits per heavy atom. The van der Waals surface area contributed by atoms with Crippen LogP contribution in [-0.2, 0) is 11.3 Å². The highest BCUT2D eigenvalue weighted by Gasteiger charge is 2.12. The van der Waals surface area contributed by atoms with Crippen molar-refractivity contribution in [1.29, 1.82) is 0 Å². The van der Waals surface area contributed by atoms with E-state index in [1.165, 1.54) is 4.57 Å². The molecule has 19 heavy (non-hydrogen) atoms. The predicted molar refractivity (Wildman–Crippen MR) is 75.6 cm³/mol. The van der Waals surface area contributed by atoms with Gasteiger partial charge in [-0.15, -0.1) is 0 Å². The van der Waals surface area contributed by atoms with Crippen molar-refractivity contribution in [2.45, 2.75) is 39.3 Å². The van der Waals surface area contributed by atoms with Crippen LogP contribution in [0.4, 0.5) is 11.5 Å². The molecule has 1 unspecified atom stereocenters. The van der Waals surface area contributed by atoms with E-state index in [-0.39, 0.29) is 17.6 Å². The summed E-state index contributed by atoms with van der Waals surface area (Å²) in [4.78, 5) is 25.7. The molecular formula is C12H22N4O3. The van der Waals surface area contributed by atoms with E-state index < -0.39 is 11.2 Å². The third kappa shape index (κ3) is 3.85. The summed E-state index contributed by atoms with van der Waals surface area (Å²) >= 11 is 0. The summed E-state index contributed by atoms with van der Waals surface area (Å²) in [5.74, 6) is 0.172. The Bertz CT molecular complexity index is 521. The molecule has 0 saturated carbocycles. The Balaban J connectivity index is 3.03. The van der Waals surface area contributed by atoms with Gasteiger partial charge in [0.15, 0.2) is 0 Å². The number of unbranched alkanes of at least 4 members (excludes halogenated alkanes) is 1. The molecule has 1 rings (SSSR count). The van der Waals surface area contributed by atoms with Crippen LogP contribution in [0.1, 0.15) is 26.7 Å². The van der Waals surface area contributed by atoms with Gasteiger partial charge in [-0.1, -0.05) is 13.3 Å². The fourth-order valence-corrected chi connectivity index (χ4v) is 1.63. The van der Waals surface area contributed by atoms with E-state index >= 15 is 0 Å². The van der Waals surface area contributed by atoms with Crippen LogP contribution in [0.15, 0.2) is 9.59 Å². The Hall–Kier alpha value is -1.76. The number of hydrogen-bond acceptors (Lipinski definition) is 5. The average molecular weight is 270 g/mol. The van der Waals surface area contributed by atoms with Gasteiger partial charge in [0.05, 0.1) is 6.10 Å². The summed E-state index contributed by atoms with van der Waals surface area (Å²) in [5, 5.41) is 2.92. The minimum Gasteiger partial charge on any atom is -0.383 e. The van der Waals surface area contributed by atoms with Crippen molar-refractivity contribution < 1.29 is 4.74 Å². The monoisotopic (exact) mass is 270 g/mol. The van der Waals surface area contributed by atoms with E-state index in [2.05, 4.69) is 10.3 Å². The number of nitrogens with zero attached hydrogens (tertiary/aromatic N) is 1. The molecule has 0 radical (unpaired) electrons. The lowest BCUT2D eigenvalue weighted by atomic mass is 10.3. The summed E-state index contributed by atoms with van der Waals surface area (Å²) in [5.41, 5.74) is 5.14. The van der Waals surface area contributed by atoms with Crippen LogP contribution in [0.2, 0.25) is 0 Å². The van der Waals surface area contributed by atoms with Gasteiger partial charge < -0.3 is 15.8 Å². The lowest BCUT2D eigenvalue weighted by Gasteiger charge is -2.15. The lowest BCUT2D eigenvalue weighted by Crippen LogP contribution is -2.35. The lowest BCUT2D eigenvalue weighted by molar-refractivity contribution is 0.129. The van der Waals surface area contributed by atoms with Crippen molar-refractivity contribution in [3.63, 3.8) is 0 Å². The first-order chi connectivity index (χ1) is 9.01. The van der Waals surface area contributed by atoms with Gasteiger partial charge in [0.25, 0.3) is 5.56 Å². The third-order valence-corrected chi connectivity index (χ3v) is 2.94. The predicted octanol–water partition coefficient (Wildman–Crippen LogP) is 0.366. The standard InChI is InChI=1S/C12H22N4O3/c1-4-5-6-16-10(13)9(11(17)15-12(16)18)14-7-8(2)19-3/h8,14H,4-7,13H2,1-3H3,(H,15,17,18). The fraction of sp³-hybridized carbons (Fsp3) is 0.667. The summed E-state index contributed by atoms with van der Waals surface area (Å²) < 4.78 is 6.47. The molecule has 0 aromatic carbocycles. The van der Waals surface area contributed by atoms with E-state index in [0.717, 1.165) is 12.8 Å². The zero-order chi connectivity index (χ0) is 14.4. The fourth-order valence-electron chi connectivity index (χ4n) is 1.63. The summed E-state index contributed by atoms with van der Waals surface area (Å²) in [7, 11) is 1.59. The maximum Gasteiger partial charge on any atom is 0.330 e. The van der Waals surface area contributed by atoms with Crippen molar-refractivity contribution in [2.75, 3.05) is 24.7 Å². The molecule has 7 nitrogen and oxygen atoms in total. The van der Waals surface area contributed by atoms with Crippen LogP contribution in [0.3, 0.4) is 0 Å². The quantitative estimate of drug-likeness (QED) is 0.664. The minimum absolute atomic E-state index is 0.0604. The average Bonchev–Trinajstić information content (AvgIpc) is 2.37. The number of aromatic nitrogens is 2. The molecule has 1 heterocycles. The second-order valence-electron chi connectivity index (χ2n) is 4.45. The number of anilines is 2. The van der Waals surface area contributed by atoms with Gasteiger partial charge in [-0.2, -0.15) is 0 Å². The van der Waals surface area contributed by atoms with Crippen molar-refractivity contribution in [2.24, 2.45) is 0 Å². The van der Waals surface area contributed by atoms with Crippen molar-refractivity contribution in [1.82, 2.24) is 9.55 Å². The highest BCUT2D eigenvalue weighted by atomic mass is 16.5. The molecule has 0 aliphatic carbocycles. The number of aromatic amines is 1.